The Morgan fingerprint density at radius 3 is 2.95 bits per heavy atom. The number of aryl methyl sites for hydroxylation is 2. The molecule has 0 aromatic carbocycles. The van der Waals surface area contributed by atoms with Gasteiger partial charge in [-0.15, -0.1) is 11.3 Å². The molecule has 0 radical (unpaired) electrons. The number of hydrogen-bond donors (Lipinski definition) is 1. The van der Waals surface area contributed by atoms with E-state index in [1.807, 2.05) is 11.3 Å². The molecule has 1 aliphatic heterocycles. The number of hydrogen-bond acceptors (Lipinski definition) is 5. The Morgan fingerprint density at radius 1 is 1.48 bits per heavy atom. The molecule has 0 bridgehead atoms. The van der Waals surface area contributed by atoms with E-state index in [0.717, 1.165) is 56.9 Å². The molecule has 1 atom stereocenters. The molecular weight excluding hydrogens is 284 g/mol. The number of thiazole rings is 1. The van der Waals surface area contributed by atoms with Gasteiger partial charge >= 0.3 is 0 Å². The molecule has 5 heteroatoms. The summed E-state index contributed by atoms with van der Waals surface area (Å²) in [6.45, 7) is 8.31. The van der Waals surface area contributed by atoms with Crippen LogP contribution in [0.3, 0.4) is 0 Å². The molecule has 1 aromatic heterocycles. The molecule has 1 fully saturated rings. The summed E-state index contributed by atoms with van der Waals surface area (Å²) in [5.41, 5.74) is 1.26. The molecule has 0 unspecified atom stereocenters. The first-order chi connectivity index (χ1) is 10.1. The van der Waals surface area contributed by atoms with Crippen molar-refractivity contribution in [2.24, 2.45) is 5.41 Å². The number of aromatic nitrogens is 1. The van der Waals surface area contributed by atoms with Crippen molar-refractivity contribution in [2.75, 3.05) is 33.4 Å². The maximum atomic E-state index is 9.86. The number of piperidine rings is 1. The lowest BCUT2D eigenvalue weighted by atomic mass is 9.78. The van der Waals surface area contributed by atoms with Gasteiger partial charge in [-0.3, -0.25) is 4.90 Å². The highest BCUT2D eigenvalue weighted by molar-refractivity contribution is 7.11. The predicted octanol–water partition coefficient (Wildman–Crippen LogP) is 2.62. The van der Waals surface area contributed by atoms with Crippen molar-refractivity contribution >= 4 is 11.3 Å². The van der Waals surface area contributed by atoms with E-state index in [-0.39, 0.29) is 12.0 Å². The van der Waals surface area contributed by atoms with Gasteiger partial charge in [-0.25, -0.2) is 4.98 Å². The summed E-state index contributed by atoms with van der Waals surface area (Å²) in [6.07, 6.45) is 4.20. The van der Waals surface area contributed by atoms with Crippen molar-refractivity contribution in [1.82, 2.24) is 9.88 Å². The van der Waals surface area contributed by atoms with Crippen LogP contribution in [0.2, 0.25) is 0 Å². The highest BCUT2D eigenvalue weighted by Crippen LogP contribution is 2.34. The lowest BCUT2D eigenvalue weighted by Crippen LogP contribution is -2.45. The average Bonchev–Trinajstić information content (AvgIpc) is 2.85. The number of rotatable bonds is 7. The Bertz CT molecular complexity index is 449. The summed E-state index contributed by atoms with van der Waals surface area (Å²) in [6, 6.07) is 0. The number of nitrogens with zero attached hydrogens (tertiary/aromatic N) is 2. The molecule has 0 spiro atoms. The highest BCUT2D eigenvalue weighted by atomic mass is 32.1. The third kappa shape index (κ3) is 4.25. The monoisotopic (exact) mass is 312 g/mol. The zero-order chi connectivity index (χ0) is 15.3. The van der Waals surface area contributed by atoms with Crippen LogP contribution in [-0.2, 0) is 17.7 Å². The molecular formula is C16H28N2O2S. The minimum atomic E-state index is 0.0143. The van der Waals surface area contributed by atoms with Crippen LogP contribution in [-0.4, -0.2) is 48.4 Å². The van der Waals surface area contributed by atoms with Crippen LogP contribution < -0.4 is 0 Å². The number of aliphatic hydroxyl groups is 1. The summed E-state index contributed by atoms with van der Waals surface area (Å²) in [5.74, 6) is 0. The normalized spacial score (nSPS) is 23.6. The minimum absolute atomic E-state index is 0.0143. The molecule has 1 aromatic rings. The lowest BCUT2D eigenvalue weighted by molar-refractivity contribution is 0.00499. The predicted molar refractivity (Wildman–Crippen MR) is 86.8 cm³/mol. The van der Waals surface area contributed by atoms with Gasteiger partial charge in [0.05, 0.1) is 17.3 Å². The average molecular weight is 312 g/mol. The van der Waals surface area contributed by atoms with Crippen LogP contribution in [0.5, 0.6) is 0 Å². The van der Waals surface area contributed by atoms with E-state index in [0.29, 0.717) is 0 Å². The van der Waals surface area contributed by atoms with E-state index < -0.39 is 0 Å². The molecule has 0 amide bonds. The number of methoxy groups -OCH3 is 1. The molecule has 1 saturated heterocycles. The summed E-state index contributed by atoms with van der Waals surface area (Å²) in [7, 11) is 1.74. The first-order valence-electron chi connectivity index (χ1n) is 7.90. The van der Waals surface area contributed by atoms with Gasteiger partial charge in [-0.1, -0.05) is 6.92 Å². The molecule has 0 aliphatic carbocycles. The van der Waals surface area contributed by atoms with Crippen LogP contribution in [0.4, 0.5) is 0 Å². The van der Waals surface area contributed by atoms with Gasteiger partial charge in [0.25, 0.3) is 0 Å². The molecule has 0 saturated carbocycles. The molecule has 1 aliphatic rings. The maximum absolute atomic E-state index is 9.86. The Labute approximate surface area is 132 Å². The van der Waals surface area contributed by atoms with E-state index in [4.69, 9.17) is 4.74 Å². The first kappa shape index (κ1) is 16.9. The van der Waals surface area contributed by atoms with Crippen molar-refractivity contribution in [3.8, 4) is 0 Å². The van der Waals surface area contributed by atoms with Gasteiger partial charge in [0.2, 0.25) is 0 Å². The quantitative estimate of drug-likeness (QED) is 0.841. The summed E-state index contributed by atoms with van der Waals surface area (Å²) in [4.78, 5) is 8.51. The van der Waals surface area contributed by atoms with Gasteiger partial charge in [0.1, 0.15) is 0 Å². The Kier molecular flexibility index (Phi) is 6.17. The fourth-order valence-corrected chi connectivity index (χ4v) is 4.36. The summed E-state index contributed by atoms with van der Waals surface area (Å²) < 4.78 is 5.23. The zero-order valence-corrected chi connectivity index (χ0v) is 14.3. The maximum Gasteiger partial charge on any atom is 0.0900 e. The third-order valence-electron chi connectivity index (χ3n) is 4.50. The molecule has 2 rings (SSSR count). The number of likely N-dealkylation sites (tertiary alicyclic amines) is 1. The second-order valence-electron chi connectivity index (χ2n) is 6.17. The van der Waals surface area contributed by atoms with Crippen molar-refractivity contribution in [3.63, 3.8) is 0 Å². The van der Waals surface area contributed by atoms with Crippen LogP contribution >= 0.6 is 11.3 Å². The second kappa shape index (κ2) is 7.68. The third-order valence-corrected chi connectivity index (χ3v) is 5.50. The van der Waals surface area contributed by atoms with Gasteiger partial charge in [0.15, 0.2) is 0 Å². The standard InChI is InChI=1S/C16H28N2O2S/c1-4-14-15(21-13(2)17-14)10-18-8-5-6-16(11-18,12-19)7-9-20-3/h19H,4-12H2,1-3H3/t16-/m1/s1. The minimum Gasteiger partial charge on any atom is -0.396 e. The van der Waals surface area contributed by atoms with Crippen LogP contribution in [0.15, 0.2) is 0 Å². The Morgan fingerprint density at radius 2 is 2.29 bits per heavy atom. The lowest BCUT2D eigenvalue weighted by Gasteiger charge is -2.41. The summed E-state index contributed by atoms with van der Waals surface area (Å²) in [5, 5.41) is 11.0. The topological polar surface area (TPSA) is 45.6 Å². The highest BCUT2D eigenvalue weighted by Gasteiger charge is 2.34. The van der Waals surface area contributed by atoms with E-state index in [1.165, 1.54) is 10.6 Å². The van der Waals surface area contributed by atoms with Crippen molar-refractivity contribution in [3.05, 3.63) is 15.6 Å². The fraction of sp³-hybridized carbons (Fsp3) is 0.812. The van der Waals surface area contributed by atoms with Crippen LogP contribution in [0.1, 0.15) is 41.8 Å². The van der Waals surface area contributed by atoms with Crippen LogP contribution in [0.25, 0.3) is 0 Å². The van der Waals surface area contributed by atoms with Crippen LogP contribution in [0, 0.1) is 12.3 Å². The zero-order valence-electron chi connectivity index (χ0n) is 13.5. The fourth-order valence-electron chi connectivity index (χ4n) is 3.29. The van der Waals surface area contributed by atoms with Gasteiger partial charge in [0, 0.05) is 37.1 Å². The van der Waals surface area contributed by atoms with E-state index in [2.05, 4.69) is 23.7 Å². The van der Waals surface area contributed by atoms with Crippen molar-refractivity contribution in [2.45, 2.75) is 46.1 Å². The SMILES string of the molecule is CCc1nc(C)sc1CN1CCC[C@@](CO)(CCOC)C1. The molecule has 1 N–H and O–H groups in total. The van der Waals surface area contributed by atoms with Gasteiger partial charge in [-0.2, -0.15) is 0 Å². The summed E-state index contributed by atoms with van der Waals surface area (Å²) >= 11 is 1.82. The van der Waals surface area contributed by atoms with E-state index in [1.54, 1.807) is 7.11 Å². The van der Waals surface area contributed by atoms with Crippen molar-refractivity contribution < 1.29 is 9.84 Å². The first-order valence-corrected chi connectivity index (χ1v) is 8.71. The Hall–Kier alpha value is -0.490. The Balaban J connectivity index is 2.03. The second-order valence-corrected chi connectivity index (χ2v) is 7.46. The number of ether oxygens (including phenoxy) is 1. The van der Waals surface area contributed by atoms with Crippen molar-refractivity contribution in [1.29, 1.82) is 0 Å². The smallest absolute Gasteiger partial charge is 0.0900 e. The van der Waals surface area contributed by atoms with Gasteiger partial charge < -0.3 is 9.84 Å². The van der Waals surface area contributed by atoms with E-state index >= 15 is 0 Å². The molecule has 2 heterocycles. The largest absolute Gasteiger partial charge is 0.396 e. The van der Waals surface area contributed by atoms with Gasteiger partial charge in [-0.05, 0) is 39.2 Å². The molecule has 120 valence electrons. The number of aliphatic hydroxyl groups excluding tert-OH is 1. The molecule has 21 heavy (non-hydrogen) atoms. The molecule has 4 nitrogen and oxygen atoms in total. The van der Waals surface area contributed by atoms with E-state index in [9.17, 15) is 5.11 Å².